The summed E-state index contributed by atoms with van der Waals surface area (Å²) in [6, 6.07) is 22.4. The van der Waals surface area contributed by atoms with Gasteiger partial charge in [-0.3, -0.25) is 4.79 Å². The molecule has 0 atom stereocenters. The van der Waals surface area contributed by atoms with Crippen LogP contribution in [0.1, 0.15) is 6.92 Å². The molecule has 7 heteroatoms. The van der Waals surface area contributed by atoms with Crippen molar-refractivity contribution in [2.24, 2.45) is 0 Å². The van der Waals surface area contributed by atoms with E-state index in [2.05, 4.69) is 50.5 Å². The van der Waals surface area contributed by atoms with Crippen LogP contribution >= 0.6 is 11.8 Å². The zero-order valence-electron chi connectivity index (χ0n) is 16.2. The second kappa shape index (κ2) is 7.68. The Hall–Kier alpha value is -3.58. The molecule has 0 aliphatic heterocycles. The van der Waals surface area contributed by atoms with Crippen LogP contribution in [0.5, 0.6) is 0 Å². The largest absolute Gasteiger partial charge is 0.453 e. The Bertz CT molecular complexity index is 1330. The zero-order valence-corrected chi connectivity index (χ0v) is 17.0. The highest BCUT2D eigenvalue weighted by atomic mass is 32.2. The van der Waals surface area contributed by atoms with Gasteiger partial charge in [0.05, 0.1) is 5.75 Å². The fraction of sp³-hybridized carbons (Fsp3) is 0.0870. The quantitative estimate of drug-likeness (QED) is 0.355. The first-order chi connectivity index (χ1) is 14.7. The topological polar surface area (TPSA) is 87.6 Å². The van der Waals surface area contributed by atoms with Gasteiger partial charge in [-0.1, -0.05) is 42.1 Å². The van der Waals surface area contributed by atoms with Gasteiger partial charge in [-0.2, -0.15) is 0 Å². The molecule has 2 aromatic carbocycles. The predicted molar refractivity (Wildman–Crippen MR) is 118 cm³/mol. The van der Waals surface area contributed by atoms with Gasteiger partial charge >= 0.3 is 0 Å². The fourth-order valence-corrected chi connectivity index (χ4v) is 3.88. The molecule has 6 nitrogen and oxygen atoms in total. The van der Waals surface area contributed by atoms with E-state index < -0.39 is 0 Å². The van der Waals surface area contributed by atoms with Crippen LogP contribution in [0.2, 0.25) is 0 Å². The van der Waals surface area contributed by atoms with Crippen LogP contribution in [0.15, 0.2) is 76.3 Å². The van der Waals surface area contributed by atoms with Crippen LogP contribution in [0.4, 0.5) is 0 Å². The van der Waals surface area contributed by atoms with Gasteiger partial charge in [0.15, 0.2) is 16.7 Å². The third-order valence-corrected chi connectivity index (χ3v) is 5.72. The summed E-state index contributed by atoms with van der Waals surface area (Å²) >= 11 is 1.33. The summed E-state index contributed by atoms with van der Waals surface area (Å²) in [5, 5.41) is 9.90. The maximum absolute atomic E-state index is 11.1. The zero-order chi connectivity index (χ0) is 20.5. The van der Waals surface area contributed by atoms with E-state index in [0.717, 1.165) is 33.5 Å². The van der Waals surface area contributed by atoms with Gasteiger partial charge < -0.3 is 14.4 Å². The first-order valence-corrected chi connectivity index (χ1v) is 10.5. The maximum Gasteiger partial charge on any atom is 0.197 e. The molecule has 148 valence electrons. The van der Waals surface area contributed by atoms with E-state index in [-0.39, 0.29) is 5.78 Å². The van der Waals surface area contributed by atoms with Gasteiger partial charge in [0.2, 0.25) is 0 Å². The molecule has 30 heavy (non-hydrogen) atoms. The number of carbonyl (C=O) groups excluding carboxylic acids is 1. The minimum absolute atomic E-state index is 0.0915. The van der Waals surface area contributed by atoms with E-state index in [9.17, 15) is 4.79 Å². The van der Waals surface area contributed by atoms with Gasteiger partial charge in [-0.15, -0.1) is 10.2 Å². The number of fused-ring (bicyclic) bond motifs is 1. The number of aromatic amines is 2. The van der Waals surface area contributed by atoms with Crippen LogP contribution < -0.4 is 0 Å². The molecule has 0 spiro atoms. The predicted octanol–water partition coefficient (Wildman–Crippen LogP) is 5.56. The third-order valence-electron chi connectivity index (χ3n) is 4.71. The van der Waals surface area contributed by atoms with E-state index in [4.69, 9.17) is 4.42 Å². The normalized spacial score (nSPS) is 11.2. The Morgan fingerprint density at radius 3 is 2.60 bits per heavy atom. The van der Waals surface area contributed by atoms with Gasteiger partial charge in [0, 0.05) is 22.2 Å². The lowest BCUT2D eigenvalue weighted by atomic mass is 10.1. The lowest BCUT2D eigenvalue weighted by Gasteiger charge is -1.97. The van der Waals surface area contributed by atoms with Crippen molar-refractivity contribution in [2.75, 3.05) is 5.75 Å². The Labute approximate surface area is 176 Å². The number of benzene rings is 2. The van der Waals surface area contributed by atoms with Gasteiger partial charge in [-0.25, -0.2) is 0 Å². The number of carbonyl (C=O) groups is 1. The molecule has 0 unspecified atom stereocenters. The molecule has 5 aromatic rings. The number of rotatable bonds is 6. The maximum atomic E-state index is 11.1. The second-order valence-electron chi connectivity index (χ2n) is 6.98. The second-order valence-corrected chi connectivity index (χ2v) is 7.95. The van der Waals surface area contributed by atoms with E-state index in [1.165, 1.54) is 11.8 Å². The molecular weight excluding hydrogens is 396 g/mol. The summed E-state index contributed by atoms with van der Waals surface area (Å²) in [4.78, 5) is 17.7. The average Bonchev–Trinajstić information content (AvgIpc) is 3.51. The number of hydrogen-bond donors (Lipinski definition) is 2. The van der Waals surface area contributed by atoms with Crippen molar-refractivity contribution < 1.29 is 9.21 Å². The van der Waals surface area contributed by atoms with Crippen LogP contribution in [-0.2, 0) is 4.79 Å². The molecule has 0 aliphatic carbocycles. The highest BCUT2D eigenvalue weighted by molar-refractivity contribution is 7.99. The van der Waals surface area contributed by atoms with Crippen molar-refractivity contribution in [3.8, 4) is 34.2 Å². The third kappa shape index (κ3) is 3.67. The first kappa shape index (κ1) is 18.4. The lowest BCUT2D eigenvalue weighted by molar-refractivity contribution is -0.114. The summed E-state index contributed by atoms with van der Waals surface area (Å²) in [6.07, 6.45) is 0. The minimum atomic E-state index is 0.0915. The van der Waals surface area contributed by atoms with Crippen LogP contribution in [-0.4, -0.2) is 31.7 Å². The smallest absolute Gasteiger partial charge is 0.197 e. The van der Waals surface area contributed by atoms with Crippen molar-refractivity contribution in [1.82, 2.24) is 20.2 Å². The van der Waals surface area contributed by atoms with E-state index >= 15 is 0 Å². The molecule has 5 rings (SSSR count). The number of thioether (sulfide) groups is 1. The average molecular weight is 414 g/mol. The summed E-state index contributed by atoms with van der Waals surface area (Å²) in [5.41, 5.74) is 4.30. The highest BCUT2D eigenvalue weighted by Gasteiger charge is 2.13. The summed E-state index contributed by atoms with van der Waals surface area (Å²) in [6.45, 7) is 1.55. The molecular formula is C23H18N4O2S. The van der Waals surface area contributed by atoms with Crippen molar-refractivity contribution in [1.29, 1.82) is 0 Å². The monoisotopic (exact) mass is 414 g/mol. The number of furan rings is 1. The molecule has 2 N–H and O–H groups in total. The molecule has 3 heterocycles. The van der Waals surface area contributed by atoms with Crippen molar-refractivity contribution in [2.45, 2.75) is 12.1 Å². The van der Waals surface area contributed by atoms with Gasteiger partial charge in [0.25, 0.3) is 0 Å². The molecule has 0 saturated carbocycles. The Morgan fingerprint density at radius 2 is 1.77 bits per heavy atom. The summed E-state index contributed by atoms with van der Waals surface area (Å²) in [5.74, 6) is 2.35. The standard InChI is InChI=1S/C23H18N4O2S/c1-14(28)13-30-23-25-22(26-27-23)21-10-9-20(29-21)16-7-8-18-17(11-16)12-19(24-18)15-5-3-2-4-6-15/h2-12,24H,13H2,1H3,(H,25,26,27). The van der Waals surface area contributed by atoms with E-state index in [0.29, 0.717) is 22.5 Å². The minimum Gasteiger partial charge on any atom is -0.453 e. The number of nitrogens with one attached hydrogen (secondary N) is 2. The van der Waals surface area contributed by atoms with Crippen molar-refractivity contribution >= 4 is 28.4 Å². The first-order valence-electron chi connectivity index (χ1n) is 9.49. The summed E-state index contributed by atoms with van der Waals surface area (Å²) < 4.78 is 6.01. The number of hydrogen-bond acceptors (Lipinski definition) is 5. The van der Waals surface area contributed by atoms with E-state index in [1.54, 1.807) is 6.92 Å². The fourth-order valence-electron chi connectivity index (χ4n) is 3.27. The van der Waals surface area contributed by atoms with Crippen molar-refractivity contribution in [3.63, 3.8) is 0 Å². The molecule has 0 bridgehead atoms. The summed E-state index contributed by atoms with van der Waals surface area (Å²) in [7, 11) is 0. The van der Waals surface area contributed by atoms with Crippen LogP contribution in [0, 0.1) is 0 Å². The number of aromatic nitrogens is 4. The number of ketones is 1. The number of H-pyrrole nitrogens is 2. The molecule has 0 aliphatic rings. The molecule has 0 saturated heterocycles. The van der Waals surface area contributed by atoms with Crippen molar-refractivity contribution in [3.05, 3.63) is 66.7 Å². The molecule has 0 radical (unpaired) electrons. The van der Waals surface area contributed by atoms with Gasteiger partial charge in [0.1, 0.15) is 11.5 Å². The van der Waals surface area contributed by atoms with Crippen LogP contribution in [0.3, 0.4) is 0 Å². The SMILES string of the molecule is CC(=O)CSc1nnc(-c2ccc(-c3ccc4[nH]c(-c5ccccc5)cc4c3)o2)[nH]1. The molecule has 0 fully saturated rings. The van der Waals surface area contributed by atoms with Gasteiger partial charge in [-0.05, 0) is 48.9 Å². The number of Topliss-reactive ketones (excluding diaryl/α,β-unsaturated/α-hetero) is 1. The van der Waals surface area contributed by atoms with Crippen LogP contribution in [0.25, 0.3) is 45.1 Å². The van der Waals surface area contributed by atoms with E-state index in [1.807, 2.05) is 36.4 Å². The number of nitrogens with zero attached hydrogens (tertiary/aromatic N) is 2. The Kier molecular flexibility index (Phi) is 4.72. The molecule has 3 aromatic heterocycles. The highest BCUT2D eigenvalue weighted by Crippen LogP contribution is 2.31. The molecule has 0 amide bonds. The Morgan fingerprint density at radius 1 is 0.933 bits per heavy atom. The lowest BCUT2D eigenvalue weighted by Crippen LogP contribution is -1.93. The Balaban J connectivity index is 1.41.